The largest absolute Gasteiger partial charge is 0.368 e. The number of rotatable bonds is 8. The van der Waals surface area contributed by atoms with Gasteiger partial charge in [0.1, 0.15) is 0 Å². The lowest BCUT2D eigenvalue weighted by atomic mass is 10.1. The summed E-state index contributed by atoms with van der Waals surface area (Å²) in [5.74, 6) is 0. The Labute approximate surface area is 114 Å². The van der Waals surface area contributed by atoms with E-state index in [0.29, 0.717) is 0 Å². The van der Waals surface area contributed by atoms with E-state index in [0.717, 1.165) is 0 Å². The molecule has 0 aromatic carbocycles. The molecular weight excluding hydrogens is 218 g/mol. The van der Waals surface area contributed by atoms with Crippen molar-refractivity contribution >= 4 is 0 Å². The molecule has 0 spiro atoms. The summed E-state index contributed by atoms with van der Waals surface area (Å²) < 4.78 is 0. The standard InChI is InChI=1S/C11H24.C6H7N/c1-3-5-7-9-11-10-8-6-4-2;1-2-4-6-7-5-3-1/h3-11H2,1-2H3;1-7H. The van der Waals surface area contributed by atoms with Crippen LogP contribution in [0.2, 0.25) is 0 Å². The zero-order chi connectivity index (χ0) is 13.3. The van der Waals surface area contributed by atoms with Gasteiger partial charge in [-0.3, -0.25) is 0 Å². The minimum Gasteiger partial charge on any atom is -0.368 e. The maximum atomic E-state index is 2.92. The van der Waals surface area contributed by atoms with Gasteiger partial charge in [0.2, 0.25) is 0 Å². The minimum atomic E-state index is 1.37. The lowest BCUT2D eigenvalue weighted by Crippen LogP contribution is -1.87. The maximum absolute atomic E-state index is 2.92. The lowest BCUT2D eigenvalue weighted by Gasteiger charge is -1.98. The highest BCUT2D eigenvalue weighted by Gasteiger charge is 1.88. The quantitative estimate of drug-likeness (QED) is 0.543. The topological polar surface area (TPSA) is 12.0 Å². The van der Waals surface area contributed by atoms with Crippen LogP contribution in [0.15, 0.2) is 36.7 Å². The molecule has 1 heterocycles. The van der Waals surface area contributed by atoms with E-state index in [1.807, 2.05) is 36.7 Å². The Kier molecular flexibility index (Phi) is 15.1. The Morgan fingerprint density at radius 1 is 0.556 bits per heavy atom. The molecule has 0 amide bonds. The van der Waals surface area contributed by atoms with Crippen molar-refractivity contribution in [2.45, 2.75) is 71.6 Å². The highest BCUT2D eigenvalue weighted by atomic mass is 14.8. The van der Waals surface area contributed by atoms with Crippen LogP contribution < -0.4 is 5.32 Å². The lowest BCUT2D eigenvalue weighted by molar-refractivity contribution is 0.572. The monoisotopic (exact) mass is 249 g/mol. The first kappa shape index (κ1) is 17.0. The van der Waals surface area contributed by atoms with Gasteiger partial charge < -0.3 is 5.32 Å². The molecule has 0 radical (unpaired) electrons. The van der Waals surface area contributed by atoms with E-state index >= 15 is 0 Å². The number of allylic oxidation sites excluding steroid dienone is 4. The molecule has 104 valence electrons. The molecule has 0 saturated carbocycles. The van der Waals surface area contributed by atoms with Crippen LogP contribution in [0.1, 0.15) is 71.6 Å². The van der Waals surface area contributed by atoms with Crippen LogP contribution in [0.25, 0.3) is 0 Å². The van der Waals surface area contributed by atoms with Crippen molar-refractivity contribution in [3.8, 4) is 0 Å². The van der Waals surface area contributed by atoms with Crippen molar-refractivity contribution in [1.29, 1.82) is 0 Å². The number of hydrogen-bond acceptors (Lipinski definition) is 1. The summed E-state index contributed by atoms with van der Waals surface area (Å²) in [5.41, 5.74) is 0. The molecule has 1 nitrogen and oxygen atoms in total. The molecule has 0 aromatic heterocycles. The second-order valence-corrected chi connectivity index (χ2v) is 4.74. The summed E-state index contributed by atoms with van der Waals surface area (Å²) in [6.45, 7) is 4.55. The van der Waals surface area contributed by atoms with Gasteiger partial charge in [-0.2, -0.15) is 0 Å². The van der Waals surface area contributed by atoms with Crippen molar-refractivity contribution in [3.05, 3.63) is 36.7 Å². The van der Waals surface area contributed by atoms with Gasteiger partial charge in [-0.05, 0) is 12.2 Å². The van der Waals surface area contributed by atoms with E-state index in [9.17, 15) is 0 Å². The summed E-state index contributed by atoms with van der Waals surface area (Å²) in [7, 11) is 0. The van der Waals surface area contributed by atoms with Crippen molar-refractivity contribution < 1.29 is 0 Å². The van der Waals surface area contributed by atoms with Crippen molar-refractivity contribution in [3.63, 3.8) is 0 Å². The molecule has 0 atom stereocenters. The maximum Gasteiger partial charge on any atom is 0.000442 e. The highest BCUT2D eigenvalue weighted by Crippen LogP contribution is 2.08. The van der Waals surface area contributed by atoms with Crippen LogP contribution in [0.4, 0.5) is 0 Å². The van der Waals surface area contributed by atoms with Crippen LogP contribution in [0.5, 0.6) is 0 Å². The average Bonchev–Trinajstić information content (AvgIpc) is 2.71. The summed E-state index contributed by atoms with van der Waals surface area (Å²) in [6.07, 6.45) is 24.5. The predicted molar refractivity (Wildman–Crippen MR) is 83.5 cm³/mol. The van der Waals surface area contributed by atoms with Gasteiger partial charge in [-0.25, -0.2) is 0 Å². The van der Waals surface area contributed by atoms with Gasteiger partial charge in [0.15, 0.2) is 0 Å². The fourth-order valence-electron chi connectivity index (χ4n) is 1.79. The van der Waals surface area contributed by atoms with Crippen LogP contribution in [-0.2, 0) is 0 Å². The summed E-state index contributed by atoms with van der Waals surface area (Å²) in [6, 6.07) is 0. The van der Waals surface area contributed by atoms with Crippen molar-refractivity contribution in [2.75, 3.05) is 0 Å². The third-order valence-electron chi connectivity index (χ3n) is 2.93. The molecule has 0 unspecified atom stereocenters. The fraction of sp³-hybridized carbons (Fsp3) is 0.647. The van der Waals surface area contributed by atoms with Gasteiger partial charge in [0.05, 0.1) is 0 Å². The average molecular weight is 249 g/mol. The van der Waals surface area contributed by atoms with E-state index in [-0.39, 0.29) is 0 Å². The molecule has 1 aliphatic heterocycles. The first-order valence-corrected chi connectivity index (χ1v) is 7.66. The smallest absolute Gasteiger partial charge is 0.000442 e. The fourth-order valence-corrected chi connectivity index (χ4v) is 1.79. The van der Waals surface area contributed by atoms with Crippen molar-refractivity contribution in [1.82, 2.24) is 5.32 Å². The molecule has 1 heteroatoms. The zero-order valence-corrected chi connectivity index (χ0v) is 12.3. The molecular formula is C17H31N. The Hall–Kier alpha value is -0.980. The van der Waals surface area contributed by atoms with Gasteiger partial charge in [-0.1, -0.05) is 83.8 Å². The van der Waals surface area contributed by atoms with E-state index in [4.69, 9.17) is 0 Å². The third kappa shape index (κ3) is 15.0. The van der Waals surface area contributed by atoms with Gasteiger partial charge in [0, 0.05) is 12.4 Å². The molecule has 0 aromatic rings. The zero-order valence-electron chi connectivity index (χ0n) is 12.3. The number of nitrogens with one attached hydrogen (secondary N) is 1. The normalized spacial score (nSPS) is 12.6. The van der Waals surface area contributed by atoms with E-state index in [1.54, 1.807) is 0 Å². The van der Waals surface area contributed by atoms with Crippen LogP contribution in [-0.4, -0.2) is 0 Å². The second kappa shape index (κ2) is 16.0. The number of unbranched alkanes of at least 4 members (excludes halogenated alkanes) is 8. The molecule has 0 bridgehead atoms. The molecule has 1 rings (SSSR count). The van der Waals surface area contributed by atoms with Gasteiger partial charge in [0.25, 0.3) is 0 Å². The van der Waals surface area contributed by atoms with Crippen LogP contribution in [0, 0.1) is 0 Å². The third-order valence-corrected chi connectivity index (χ3v) is 2.93. The van der Waals surface area contributed by atoms with E-state index in [1.165, 1.54) is 57.8 Å². The predicted octanol–water partition coefficient (Wildman–Crippen LogP) is 5.71. The molecule has 0 fully saturated rings. The van der Waals surface area contributed by atoms with Gasteiger partial charge in [-0.15, -0.1) is 0 Å². The Balaban J connectivity index is 0.000000351. The number of hydrogen-bond donors (Lipinski definition) is 1. The van der Waals surface area contributed by atoms with Gasteiger partial charge >= 0.3 is 0 Å². The minimum absolute atomic E-state index is 1.37. The molecule has 0 saturated heterocycles. The van der Waals surface area contributed by atoms with E-state index < -0.39 is 0 Å². The van der Waals surface area contributed by atoms with Crippen molar-refractivity contribution in [2.24, 2.45) is 0 Å². The van der Waals surface area contributed by atoms with Crippen LogP contribution in [0.3, 0.4) is 0 Å². The summed E-state index contributed by atoms with van der Waals surface area (Å²) >= 11 is 0. The first-order valence-electron chi connectivity index (χ1n) is 7.66. The Morgan fingerprint density at radius 2 is 0.944 bits per heavy atom. The first-order chi connectivity index (χ1) is 8.91. The van der Waals surface area contributed by atoms with E-state index in [2.05, 4.69) is 19.2 Å². The molecule has 1 aliphatic rings. The van der Waals surface area contributed by atoms with Crippen LogP contribution >= 0.6 is 0 Å². The Morgan fingerprint density at radius 3 is 1.33 bits per heavy atom. The molecule has 0 aliphatic carbocycles. The second-order valence-electron chi connectivity index (χ2n) is 4.74. The SMILES string of the molecule is C1=CC=CNC=C1.CCCCCCCCCCC. The Bertz CT molecular complexity index is 204. The summed E-state index contributed by atoms with van der Waals surface area (Å²) in [4.78, 5) is 0. The highest BCUT2D eigenvalue weighted by molar-refractivity contribution is 5.14. The molecule has 18 heavy (non-hydrogen) atoms. The summed E-state index contributed by atoms with van der Waals surface area (Å²) in [5, 5.41) is 2.92. The molecule has 1 N–H and O–H groups in total.